The number of methoxy groups -OCH3 is 1. The molecule has 0 unspecified atom stereocenters. The molecular weight excluding hydrogens is 470 g/mol. The molecule has 1 saturated heterocycles. The van der Waals surface area contributed by atoms with E-state index in [9.17, 15) is 13.2 Å². The third-order valence-electron chi connectivity index (χ3n) is 6.25. The molecule has 0 saturated carbocycles. The fourth-order valence-corrected chi connectivity index (χ4v) is 6.21. The minimum atomic E-state index is -3.77. The number of sulfonamides is 1. The molecule has 3 heterocycles. The van der Waals surface area contributed by atoms with Crippen LogP contribution in [0.15, 0.2) is 62.4 Å². The van der Waals surface area contributed by atoms with Crippen molar-refractivity contribution in [3.05, 3.63) is 65.7 Å². The molecule has 182 valence electrons. The van der Waals surface area contributed by atoms with Crippen LogP contribution in [0.25, 0.3) is 22.1 Å². The van der Waals surface area contributed by atoms with E-state index in [1.165, 1.54) is 4.31 Å². The number of nitrogens with zero attached hydrogens (tertiary/aromatic N) is 3. The highest BCUT2D eigenvalue weighted by atomic mass is 32.2. The molecular formula is C25H25N3O6S. The number of hydrogen-bond acceptors (Lipinski definition) is 7. The molecule has 0 aliphatic carbocycles. The number of benzene rings is 2. The first-order valence-electron chi connectivity index (χ1n) is 11.2. The lowest BCUT2D eigenvalue weighted by atomic mass is 10.0. The van der Waals surface area contributed by atoms with Gasteiger partial charge in [-0.2, -0.15) is 4.31 Å². The van der Waals surface area contributed by atoms with Gasteiger partial charge >= 0.3 is 0 Å². The van der Waals surface area contributed by atoms with Crippen LogP contribution in [0.1, 0.15) is 22.0 Å². The second-order valence-corrected chi connectivity index (χ2v) is 10.3. The van der Waals surface area contributed by atoms with Crippen LogP contribution in [0.5, 0.6) is 5.75 Å². The first-order valence-corrected chi connectivity index (χ1v) is 12.6. The Bertz CT molecular complexity index is 1480. The quantitative estimate of drug-likeness (QED) is 0.414. The van der Waals surface area contributed by atoms with Crippen LogP contribution in [0.4, 0.5) is 0 Å². The van der Waals surface area contributed by atoms with E-state index in [0.717, 1.165) is 10.9 Å². The van der Waals surface area contributed by atoms with Crippen molar-refractivity contribution in [2.75, 3.05) is 33.3 Å². The molecule has 0 radical (unpaired) electrons. The molecule has 0 spiro atoms. The van der Waals surface area contributed by atoms with Crippen LogP contribution in [0, 0.1) is 13.8 Å². The summed E-state index contributed by atoms with van der Waals surface area (Å²) in [5.74, 6) is 0.823. The molecule has 1 fully saturated rings. The van der Waals surface area contributed by atoms with Crippen molar-refractivity contribution >= 4 is 26.9 Å². The predicted octanol–water partition coefficient (Wildman–Crippen LogP) is 3.86. The van der Waals surface area contributed by atoms with Gasteiger partial charge in [-0.3, -0.25) is 4.79 Å². The van der Waals surface area contributed by atoms with Crippen LogP contribution < -0.4 is 4.74 Å². The first kappa shape index (κ1) is 23.1. The molecule has 0 N–H and O–H groups in total. The Balaban J connectivity index is 1.45. The van der Waals surface area contributed by atoms with Gasteiger partial charge in [0.15, 0.2) is 5.76 Å². The van der Waals surface area contributed by atoms with Crippen molar-refractivity contribution < 1.29 is 26.9 Å². The molecule has 5 rings (SSSR count). The number of ether oxygens (including phenoxy) is 1. The van der Waals surface area contributed by atoms with E-state index < -0.39 is 10.0 Å². The Morgan fingerprint density at radius 3 is 2.37 bits per heavy atom. The number of furan rings is 1. The molecule has 35 heavy (non-hydrogen) atoms. The lowest BCUT2D eigenvalue weighted by Crippen LogP contribution is -2.50. The smallest absolute Gasteiger partial charge is 0.290 e. The van der Waals surface area contributed by atoms with Gasteiger partial charge in [-0.05, 0) is 31.5 Å². The Morgan fingerprint density at radius 2 is 1.74 bits per heavy atom. The Hall–Kier alpha value is -3.63. The molecule has 10 heteroatoms. The Morgan fingerprint density at radius 1 is 1.03 bits per heavy atom. The van der Waals surface area contributed by atoms with Crippen LogP contribution >= 0.6 is 0 Å². The van der Waals surface area contributed by atoms with E-state index in [2.05, 4.69) is 5.16 Å². The summed E-state index contributed by atoms with van der Waals surface area (Å²) >= 11 is 0. The molecule has 2 aromatic heterocycles. The van der Waals surface area contributed by atoms with Crippen molar-refractivity contribution in [3.63, 3.8) is 0 Å². The zero-order valence-electron chi connectivity index (χ0n) is 19.6. The summed E-state index contributed by atoms with van der Waals surface area (Å²) in [6.45, 7) is 3.96. The summed E-state index contributed by atoms with van der Waals surface area (Å²) < 4.78 is 44.1. The van der Waals surface area contributed by atoms with Crippen molar-refractivity contribution in [1.82, 2.24) is 14.4 Å². The highest BCUT2D eigenvalue weighted by molar-refractivity contribution is 7.89. The van der Waals surface area contributed by atoms with Crippen LogP contribution in [-0.4, -0.2) is 62.0 Å². The van der Waals surface area contributed by atoms with Gasteiger partial charge in [0.1, 0.15) is 21.9 Å². The van der Waals surface area contributed by atoms with Crippen LogP contribution in [0.3, 0.4) is 0 Å². The number of piperazine rings is 1. The largest absolute Gasteiger partial charge is 0.497 e. The van der Waals surface area contributed by atoms with Gasteiger partial charge in [0, 0.05) is 43.2 Å². The van der Waals surface area contributed by atoms with Gasteiger partial charge in [-0.1, -0.05) is 35.5 Å². The zero-order valence-corrected chi connectivity index (χ0v) is 20.5. The van der Waals surface area contributed by atoms with Crippen LogP contribution in [-0.2, 0) is 10.0 Å². The first-order chi connectivity index (χ1) is 16.8. The number of aromatic nitrogens is 1. The topological polar surface area (TPSA) is 106 Å². The fourth-order valence-electron chi connectivity index (χ4n) is 4.49. The SMILES string of the molecule is COc1ccc2c(-c3ccccc3)c(C(=O)N3CCN(S(=O)(=O)c4c(C)noc4C)CC3)oc2c1. The number of rotatable bonds is 5. The maximum atomic E-state index is 13.6. The molecule has 2 aromatic carbocycles. The third-order valence-corrected chi connectivity index (χ3v) is 8.39. The molecule has 0 bridgehead atoms. The summed E-state index contributed by atoms with van der Waals surface area (Å²) in [6.07, 6.45) is 0. The molecule has 1 amide bonds. The van der Waals surface area contributed by atoms with E-state index in [0.29, 0.717) is 22.6 Å². The molecule has 0 atom stereocenters. The van der Waals surface area contributed by atoms with Crippen molar-refractivity contribution in [3.8, 4) is 16.9 Å². The number of carbonyl (C=O) groups is 1. The van der Waals surface area contributed by atoms with Crippen molar-refractivity contribution in [2.24, 2.45) is 0 Å². The van der Waals surface area contributed by atoms with Gasteiger partial charge in [-0.15, -0.1) is 0 Å². The minimum absolute atomic E-state index is 0.0925. The third kappa shape index (κ3) is 3.98. The monoisotopic (exact) mass is 495 g/mol. The standard InChI is InChI=1S/C25H25N3O6S/c1-16-24(17(2)34-26-16)35(30,31)28-13-11-27(12-14-28)25(29)23-22(18-7-5-4-6-8-18)20-10-9-19(32-3)15-21(20)33-23/h4-10,15H,11-14H2,1-3H3. The second kappa shape index (κ2) is 8.86. The number of carbonyl (C=O) groups excluding carboxylic acids is 1. The summed E-state index contributed by atoms with van der Waals surface area (Å²) in [5.41, 5.74) is 2.44. The van der Waals surface area contributed by atoms with Gasteiger partial charge in [0.2, 0.25) is 15.8 Å². The molecule has 9 nitrogen and oxygen atoms in total. The lowest BCUT2D eigenvalue weighted by molar-refractivity contribution is 0.0669. The summed E-state index contributed by atoms with van der Waals surface area (Å²) in [4.78, 5) is 15.3. The fraction of sp³-hybridized carbons (Fsp3) is 0.280. The zero-order chi connectivity index (χ0) is 24.7. The minimum Gasteiger partial charge on any atom is -0.497 e. The van der Waals surface area contributed by atoms with E-state index in [4.69, 9.17) is 13.7 Å². The van der Waals surface area contributed by atoms with Crippen molar-refractivity contribution in [2.45, 2.75) is 18.7 Å². The van der Waals surface area contributed by atoms with E-state index in [-0.39, 0.29) is 48.5 Å². The number of amides is 1. The number of fused-ring (bicyclic) bond motifs is 1. The molecule has 1 aliphatic rings. The van der Waals surface area contributed by atoms with E-state index in [1.807, 2.05) is 42.5 Å². The lowest BCUT2D eigenvalue weighted by Gasteiger charge is -2.33. The Kier molecular flexibility index (Phi) is 5.86. The van der Waals surface area contributed by atoms with Gasteiger partial charge < -0.3 is 18.6 Å². The maximum Gasteiger partial charge on any atom is 0.290 e. The number of hydrogen-bond donors (Lipinski definition) is 0. The maximum absolute atomic E-state index is 13.6. The molecule has 4 aromatic rings. The summed E-state index contributed by atoms with van der Waals surface area (Å²) in [7, 11) is -2.20. The molecule has 1 aliphatic heterocycles. The predicted molar refractivity (Wildman–Crippen MR) is 129 cm³/mol. The van der Waals surface area contributed by atoms with E-state index >= 15 is 0 Å². The summed E-state index contributed by atoms with van der Waals surface area (Å²) in [5, 5.41) is 4.57. The second-order valence-electron chi connectivity index (χ2n) is 8.38. The van der Waals surface area contributed by atoms with Gasteiger partial charge in [0.25, 0.3) is 5.91 Å². The normalized spacial score (nSPS) is 15.0. The average Bonchev–Trinajstić information content (AvgIpc) is 3.43. The van der Waals surface area contributed by atoms with Crippen LogP contribution in [0.2, 0.25) is 0 Å². The van der Waals surface area contributed by atoms with Crippen molar-refractivity contribution in [1.29, 1.82) is 0 Å². The van der Waals surface area contributed by atoms with Gasteiger partial charge in [-0.25, -0.2) is 8.42 Å². The Labute approximate surface area is 202 Å². The van der Waals surface area contributed by atoms with E-state index in [1.54, 1.807) is 31.9 Å². The average molecular weight is 496 g/mol. The highest BCUT2D eigenvalue weighted by Gasteiger charge is 2.35. The number of aryl methyl sites for hydroxylation is 2. The summed E-state index contributed by atoms with van der Waals surface area (Å²) in [6, 6.07) is 15.1. The highest BCUT2D eigenvalue weighted by Crippen LogP contribution is 2.37. The van der Waals surface area contributed by atoms with Gasteiger partial charge in [0.05, 0.1) is 7.11 Å².